The van der Waals surface area contributed by atoms with Crippen LogP contribution in [0.5, 0.6) is 0 Å². The first-order valence-corrected chi connectivity index (χ1v) is 8.56. The summed E-state index contributed by atoms with van der Waals surface area (Å²) in [6.07, 6.45) is 2.14. The summed E-state index contributed by atoms with van der Waals surface area (Å²) in [5.41, 5.74) is 7.49. The SMILES string of the molecule is N#Cc1ccc2c(c1)c(CCN)cn2S(=O)(=O)c1ccccc1. The number of nitriles is 1. The second kappa shape index (κ2) is 5.88. The van der Waals surface area contributed by atoms with Crippen LogP contribution in [0, 0.1) is 11.3 Å². The number of nitrogens with two attached hydrogens (primary N) is 1. The van der Waals surface area contributed by atoms with Crippen molar-refractivity contribution < 1.29 is 8.42 Å². The summed E-state index contributed by atoms with van der Waals surface area (Å²) in [6.45, 7) is 0.404. The molecule has 0 saturated heterocycles. The molecule has 0 spiro atoms. The van der Waals surface area contributed by atoms with Gasteiger partial charge in [-0.25, -0.2) is 12.4 Å². The molecular weight excluding hydrogens is 310 g/mol. The topological polar surface area (TPSA) is 88.9 Å². The Labute approximate surface area is 134 Å². The van der Waals surface area contributed by atoms with Crippen LogP contribution in [-0.2, 0) is 16.4 Å². The Morgan fingerprint density at radius 1 is 1.13 bits per heavy atom. The van der Waals surface area contributed by atoms with Crippen LogP contribution in [-0.4, -0.2) is 18.9 Å². The number of benzene rings is 2. The van der Waals surface area contributed by atoms with E-state index in [2.05, 4.69) is 6.07 Å². The molecule has 1 aromatic heterocycles. The smallest absolute Gasteiger partial charge is 0.268 e. The molecule has 0 atom stereocenters. The fraction of sp³-hybridized carbons (Fsp3) is 0.118. The molecule has 0 amide bonds. The molecule has 0 aliphatic heterocycles. The number of aromatic nitrogens is 1. The molecule has 0 fully saturated rings. The Balaban J connectivity index is 2.28. The maximum atomic E-state index is 12.9. The van der Waals surface area contributed by atoms with Crippen LogP contribution in [0.1, 0.15) is 11.1 Å². The lowest BCUT2D eigenvalue weighted by molar-refractivity contribution is 0.589. The van der Waals surface area contributed by atoms with Gasteiger partial charge >= 0.3 is 0 Å². The van der Waals surface area contributed by atoms with Crippen molar-refractivity contribution in [1.82, 2.24) is 3.97 Å². The fourth-order valence-electron chi connectivity index (χ4n) is 2.60. The van der Waals surface area contributed by atoms with Crippen molar-refractivity contribution >= 4 is 20.9 Å². The van der Waals surface area contributed by atoms with Crippen molar-refractivity contribution in [1.29, 1.82) is 5.26 Å². The Kier molecular flexibility index (Phi) is 3.90. The average Bonchev–Trinajstić information content (AvgIpc) is 2.94. The number of rotatable bonds is 4. The predicted molar refractivity (Wildman–Crippen MR) is 88.4 cm³/mol. The van der Waals surface area contributed by atoms with Gasteiger partial charge in [0.1, 0.15) is 0 Å². The van der Waals surface area contributed by atoms with Gasteiger partial charge < -0.3 is 5.73 Å². The standard InChI is InChI=1S/C17H15N3O2S/c18-9-8-14-12-20(17-7-6-13(11-19)10-16(14)17)23(21,22)15-4-2-1-3-5-15/h1-7,10,12H,8-9,18H2. The minimum Gasteiger partial charge on any atom is -0.330 e. The Hall–Kier alpha value is -2.62. The van der Waals surface area contributed by atoms with Gasteiger partial charge in [0, 0.05) is 11.6 Å². The molecule has 6 heteroatoms. The van der Waals surface area contributed by atoms with Gasteiger partial charge in [-0.1, -0.05) is 18.2 Å². The number of hydrogen-bond acceptors (Lipinski definition) is 4. The quantitative estimate of drug-likeness (QED) is 0.797. The van der Waals surface area contributed by atoms with Gasteiger partial charge in [0.2, 0.25) is 0 Å². The van der Waals surface area contributed by atoms with Crippen LogP contribution < -0.4 is 5.73 Å². The molecule has 0 unspecified atom stereocenters. The zero-order valence-electron chi connectivity index (χ0n) is 12.3. The molecule has 3 rings (SSSR count). The first-order valence-electron chi connectivity index (χ1n) is 7.12. The van der Waals surface area contributed by atoms with E-state index in [9.17, 15) is 8.42 Å². The molecule has 0 radical (unpaired) electrons. The minimum atomic E-state index is -3.69. The monoisotopic (exact) mass is 325 g/mol. The third-order valence-electron chi connectivity index (χ3n) is 3.70. The Morgan fingerprint density at radius 3 is 2.52 bits per heavy atom. The van der Waals surface area contributed by atoms with Crippen LogP contribution in [0.4, 0.5) is 0 Å². The van der Waals surface area contributed by atoms with Gasteiger partial charge in [-0.15, -0.1) is 0 Å². The molecule has 2 N–H and O–H groups in total. The zero-order chi connectivity index (χ0) is 16.4. The lowest BCUT2D eigenvalue weighted by atomic mass is 10.1. The summed E-state index contributed by atoms with van der Waals surface area (Å²) in [7, 11) is -3.69. The molecule has 0 aliphatic carbocycles. The summed E-state index contributed by atoms with van der Waals surface area (Å²) in [6, 6.07) is 15.3. The van der Waals surface area contributed by atoms with Gasteiger partial charge in [0.25, 0.3) is 10.0 Å². The van der Waals surface area contributed by atoms with Crippen molar-refractivity contribution in [2.75, 3.05) is 6.54 Å². The highest BCUT2D eigenvalue weighted by Crippen LogP contribution is 2.27. The van der Waals surface area contributed by atoms with E-state index in [0.717, 1.165) is 10.9 Å². The van der Waals surface area contributed by atoms with E-state index in [1.807, 2.05) is 0 Å². The Morgan fingerprint density at radius 2 is 1.87 bits per heavy atom. The first-order chi connectivity index (χ1) is 11.1. The van der Waals surface area contributed by atoms with E-state index in [1.165, 1.54) is 3.97 Å². The van der Waals surface area contributed by atoms with E-state index in [0.29, 0.717) is 24.0 Å². The second-order valence-electron chi connectivity index (χ2n) is 5.15. The molecule has 5 nitrogen and oxygen atoms in total. The van der Waals surface area contributed by atoms with Crippen molar-refractivity contribution in [2.24, 2.45) is 5.73 Å². The van der Waals surface area contributed by atoms with E-state index in [-0.39, 0.29) is 4.90 Å². The average molecular weight is 325 g/mol. The largest absolute Gasteiger partial charge is 0.330 e. The number of hydrogen-bond donors (Lipinski definition) is 1. The van der Waals surface area contributed by atoms with Crippen LogP contribution in [0.25, 0.3) is 10.9 Å². The molecule has 3 aromatic rings. The summed E-state index contributed by atoms with van der Waals surface area (Å²) < 4.78 is 27.0. The van der Waals surface area contributed by atoms with Crippen LogP contribution >= 0.6 is 0 Å². The molecule has 0 saturated carbocycles. The third-order valence-corrected chi connectivity index (χ3v) is 5.38. The summed E-state index contributed by atoms with van der Waals surface area (Å²) in [5.74, 6) is 0. The summed E-state index contributed by atoms with van der Waals surface area (Å²) in [5, 5.41) is 9.81. The lowest BCUT2D eigenvalue weighted by Gasteiger charge is -2.07. The van der Waals surface area contributed by atoms with Gasteiger partial charge in [-0.05, 0) is 48.9 Å². The fourth-order valence-corrected chi connectivity index (χ4v) is 4.01. The predicted octanol–water partition coefficient (Wildman–Crippen LogP) is 2.25. The van der Waals surface area contributed by atoms with Crippen molar-refractivity contribution in [3.8, 4) is 6.07 Å². The molecule has 2 aromatic carbocycles. The molecule has 23 heavy (non-hydrogen) atoms. The van der Waals surface area contributed by atoms with E-state index >= 15 is 0 Å². The minimum absolute atomic E-state index is 0.223. The lowest BCUT2D eigenvalue weighted by Crippen LogP contribution is -2.11. The molecule has 0 bridgehead atoms. The summed E-state index contributed by atoms with van der Waals surface area (Å²) in [4.78, 5) is 0.223. The van der Waals surface area contributed by atoms with Crippen LogP contribution in [0.15, 0.2) is 59.6 Å². The maximum absolute atomic E-state index is 12.9. The normalized spacial score (nSPS) is 11.5. The summed E-state index contributed by atoms with van der Waals surface area (Å²) >= 11 is 0. The zero-order valence-corrected chi connectivity index (χ0v) is 13.1. The van der Waals surface area contributed by atoms with E-state index < -0.39 is 10.0 Å². The van der Waals surface area contributed by atoms with Crippen LogP contribution in [0.3, 0.4) is 0 Å². The van der Waals surface area contributed by atoms with Gasteiger partial charge in [-0.2, -0.15) is 5.26 Å². The highest BCUT2D eigenvalue weighted by molar-refractivity contribution is 7.90. The van der Waals surface area contributed by atoms with Gasteiger partial charge in [0.15, 0.2) is 0 Å². The molecule has 116 valence electrons. The first kappa shape index (κ1) is 15.3. The third kappa shape index (κ3) is 2.61. The van der Waals surface area contributed by atoms with Crippen molar-refractivity contribution in [3.63, 3.8) is 0 Å². The van der Waals surface area contributed by atoms with E-state index in [1.54, 1.807) is 54.7 Å². The van der Waals surface area contributed by atoms with Gasteiger partial charge in [-0.3, -0.25) is 0 Å². The van der Waals surface area contributed by atoms with Crippen LogP contribution in [0.2, 0.25) is 0 Å². The van der Waals surface area contributed by atoms with Crippen molar-refractivity contribution in [2.45, 2.75) is 11.3 Å². The van der Waals surface area contributed by atoms with Gasteiger partial charge in [0.05, 0.1) is 22.0 Å². The van der Waals surface area contributed by atoms with Crippen molar-refractivity contribution in [3.05, 3.63) is 65.9 Å². The Bertz CT molecular complexity index is 999. The molecule has 0 aliphatic rings. The second-order valence-corrected chi connectivity index (χ2v) is 6.97. The highest BCUT2D eigenvalue weighted by atomic mass is 32.2. The maximum Gasteiger partial charge on any atom is 0.268 e. The molecule has 1 heterocycles. The number of fused-ring (bicyclic) bond motifs is 1. The number of nitrogens with zero attached hydrogens (tertiary/aromatic N) is 2. The van der Waals surface area contributed by atoms with E-state index in [4.69, 9.17) is 11.0 Å². The highest BCUT2D eigenvalue weighted by Gasteiger charge is 2.21. The molecular formula is C17H15N3O2S.